The van der Waals surface area contributed by atoms with Gasteiger partial charge < -0.3 is 14.1 Å². The molecular weight excluding hydrogens is 328 g/mol. The van der Waals surface area contributed by atoms with Crippen LogP contribution in [0.1, 0.15) is 49.6 Å². The lowest BCUT2D eigenvalue weighted by Crippen LogP contribution is -2.34. The fourth-order valence-electron chi connectivity index (χ4n) is 3.21. The molecule has 2 heterocycles. The Bertz CT molecular complexity index is 713. The molecule has 0 atom stereocenters. The Hall–Kier alpha value is -2.14. The molecular formula is C21H28N2O3. The van der Waals surface area contributed by atoms with E-state index < -0.39 is 0 Å². The van der Waals surface area contributed by atoms with Gasteiger partial charge in [-0.15, -0.1) is 0 Å². The smallest absolute Gasteiger partial charge is 0.248 e. The van der Waals surface area contributed by atoms with Crippen molar-refractivity contribution in [2.45, 2.75) is 52.6 Å². The molecule has 1 aliphatic heterocycles. The molecule has 2 aromatic rings. The van der Waals surface area contributed by atoms with Gasteiger partial charge in [0.15, 0.2) is 0 Å². The van der Waals surface area contributed by atoms with Crippen molar-refractivity contribution in [3.63, 3.8) is 0 Å². The van der Waals surface area contributed by atoms with Crippen LogP contribution in [0, 0.1) is 6.92 Å². The van der Waals surface area contributed by atoms with Crippen molar-refractivity contribution in [1.82, 2.24) is 9.88 Å². The van der Waals surface area contributed by atoms with Crippen molar-refractivity contribution >= 4 is 5.91 Å². The second-order valence-electron chi connectivity index (χ2n) is 6.86. The number of likely N-dealkylation sites (tertiary alicyclic amines) is 1. The van der Waals surface area contributed by atoms with Crippen LogP contribution in [0.5, 0.6) is 0 Å². The molecule has 0 spiro atoms. The minimum atomic E-state index is 0.0726. The average Bonchev–Trinajstić information content (AvgIpc) is 2.87. The molecule has 0 radical (unpaired) electrons. The van der Waals surface area contributed by atoms with Crippen molar-refractivity contribution in [3.8, 4) is 11.5 Å². The van der Waals surface area contributed by atoms with Gasteiger partial charge in [-0.25, -0.2) is 4.98 Å². The van der Waals surface area contributed by atoms with Gasteiger partial charge in [-0.2, -0.15) is 0 Å². The molecule has 1 aromatic carbocycles. The van der Waals surface area contributed by atoms with E-state index in [1.54, 1.807) is 0 Å². The lowest BCUT2D eigenvalue weighted by atomic mass is 10.1. The monoisotopic (exact) mass is 356 g/mol. The van der Waals surface area contributed by atoms with Crippen LogP contribution in [0.3, 0.4) is 0 Å². The molecule has 0 unspecified atom stereocenters. The molecule has 1 aliphatic rings. The van der Waals surface area contributed by atoms with E-state index in [4.69, 9.17) is 9.15 Å². The molecule has 3 rings (SSSR count). The summed E-state index contributed by atoms with van der Waals surface area (Å²) in [4.78, 5) is 18.7. The highest BCUT2D eigenvalue weighted by Crippen LogP contribution is 2.22. The molecule has 0 bridgehead atoms. The van der Waals surface area contributed by atoms with E-state index in [1.165, 1.54) is 18.4 Å². The molecule has 0 saturated carbocycles. The summed E-state index contributed by atoms with van der Waals surface area (Å²) in [6.45, 7) is 6.11. The van der Waals surface area contributed by atoms with Gasteiger partial charge in [-0.3, -0.25) is 4.79 Å². The highest BCUT2D eigenvalue weighted by atomic mass is 16.5. The summed E-state index contributed by atoms with van der Waals surface area (Å²) in [6.07, 6.45) is 5.62. The zero-order valence-electron chi connectivity index (χ0n) is 15.8. The Morgan fingerprint density at radius 2 is 1.85 bits per heavy atom. The number of amides is 1. The first kappa shape index (κ1) is 18.6. The normalized spacial score (nSPS) is 15.1. The van der Waals surface area contributed by atoms with E-state index in [-0.39, 0.29) is 12.5 Å². The van der Waals surface area contributed by atoms with Gasteiger partial charge in [0.2, 0.25) is 11.8 Å². The van der Waals surface area contributed by atoms with Crippen LogP contribution in [0.25, 0.3) is 11.5 Å². The Kier molecular flexibility index (Phi) is 6.45. The van der Waals surface area contributed by atoms with Crippen molar-refractivity contribution < 1.29 is 13.9 Å². The maximum Gasteiger partial charge on any atom is 0.248 e. The predicted octanol–water partition coefficient (Wildman–Crippen LogP) is 4.13. The Morgan fingerprint density at radius 3 is 2.50 bits per heavy atom. The molecule has 140 valence electrons. The standard InChI is InChI=1S/C21H28N2O3/c1-3-17-8-10-18(11-9-17)21-22-19(16(2)26-21)14-25-15-20(24)23-12-6-4-5-7-13-23/h8-11H,3-7,12-15H2,1-2H3. The number of rotatable bonds is 6. The molecule has 1 saturated heterocycles. The largest absolute Gasteiger partial charge is 0.441 e. The second kappa shape index (κ2) is 8.99. The fourth-order valence-corrected chi connectivity index (χ4v) is 3.21. The molecule has 1 aromatic heterocycles. The summed E-state index contributed by atoms with van der Waals surface area (Å²) >= 11 is 0. The van der Waals surface area contributed by atoms with E-state index in [0.29, 0.717) is 12.5 Å². The van der Waals surface area contributed by atoms with Crippen molar-refractivity contribution in [1.29, 1.82) is 0 Å². The summed E-state index contributed by atoms with van der Waals surface area (Å²) < 4.78 is 11.4. The van der Waals surface area contributed by atoms with Crippen LogP contribution in [-0.2, 0) is 22.6 Å². The van der Waals surface area contributed by atoms with Crippen LogP contribution in [-0.4, -0.2) is 35.5 Å². The third-order valence-corrected chi connectivity index (χ3v) is 4.92. The Balaban J connectivity index is 1.55. The topological polar surface area (TPSA) is 55.6 Å². The molecule has 0 aliphatic carbocycles. The highest BCUT2D eigenvalue weighted by Gasteiger charge is 2.17. The summed E-state index contributed by atoms with van der Waals surface area (Å²) in [5.41, 5.74) is 2.99. The van der Waals surface area contributed by atoms with Gasteiger partial charge in [0.25, 0.3) is 0 Å². The van der Waals surface area contributed by atoms with Crippen LogP contribution >= 0.6 is 0 Å². The Morgan fingerprint density at radius 1 is 1.15 bits per heavy atom. The lowest BCUT2D eigenvalue weighted by Gasteiger charge is -2.19. The van der Waals surface area contributed by atoms with E-state index in [0.717, 1.165) is 49.4 Å². The summed E-state index contributed by atoms with van der Waals surface area (Å²) in [6, 6.07) is 8.23. The van der Waals surface area contributed by atoms with E-state index in [1.807, 2.05) is 24.0 Å². The minimum absolute atomic E-state index is 0.0726. The molecule has 5 heteroatoms. The number of carbonyl (C=O) groups excluding carboxylic acids is 1. The summed E-state index contributed by atoms with van der Waals surface area (Å²) in [5.74, 6) is 1.41. The Labute approximate surface area is 155 Å². The molecule has 1 amide bonds. The van der Waals surface area contributed by atoms with Gasteiger partial charge in [-0.05, 0) is 43.9 Å². The first-order chi connectivity index (χ1) is 12.7. The van der Waals surface area contributed by atoms with Crippen molar-refractivity contribution in [2.24, 2.45) is 0 Å². The molecule has 1 fully saturated rings. The van der Waals surface area contributed by atoms with Gasteiger partial charge >= 0.3 is 0 Å². The van der Waals surface area contributed by atoms with Crippen molar-refractivity contribution in [2.75, 3.05) is 19.7 Å². The quantitative estimate of drug-likeness (QED) is 0.781. The number of carbonyl (C=O) groups is 1. The second-order valence-corrected chi connectivity index (χ2v) is 6.86. The summed E-state index contributed by atoms with van der Waals surface area (Å²) in [5, 5.41) is 0. The number of ether oxygens (including phenoxy) is 1. The lowest BCUT2D eigenvalue weighted by molar-refractivity contribution is -0.136. The van der Waals surface area contributed by atoms with Crippen LogP contribution in [0.4, 0.5) is 0 Å². The number of nitrogens with zero attached hydrogens (tertiary/aromatic N) is 2. The zero-order chi connectivity index (χ0) is 18.4. The van der Waals surface area contributed by atoms with E-state index >= 15 is 0 Å². The van der Waals surface area contributed by atoms with E-state index in [2.05, 4.69) is 24.0 Å². The average molecular weight is 356 g/mol. The first-order valence-electron chi connectivity index (χ1n) is 9.58. The summed E-state index contributed by atoms with van der Waals surface area (Å²) in [7, 11) is 0. The molecule has 26 heavy (non-hydrogen) atoms. The number of hydrogen-bond acceptors (Lipinski definition) is 4. The third kappa shape index (κ3) is 4.73. The van der Waals surface area contributed by atoms with Gasteiger partial charge in [0.05, 0.1) is 6.61 Å². The highest BCUT2D eigenvalue weighted by molar-refractivity contribution is 5.77. The third-order valence-electron chi connectivity index (χ3n) is 4.92. The van der Waals surface area contributed by atoms with Gasteiger partial charge in [-0.1, -0.05) is 31.9 Å². The minimum Gasteiger partial charge on any atom is -0.441 e. The first-order valence-corrected chi connectivity index (χ1v) is 9.58. The maximum absolute atomic E-state index is 12.3. The van der Waals surface area contributed by atoms with Gasteiger partial charge in [0, 0.05) is 18.7 Å². The van der Waals surface area contributed by atoms with E-state index in [9.17, 15) is 4.79 Å². The molecule has 5 nitrogen and oxygen atoms in total. The number of oxazole rings is 1. The predicted molar refractivity (Wildman–Crippen MR) is 101 cm³/mol. The number of hydrogen-bond donors (Lipinski definition) is 0. The maximum atomic E-state index is 12.3. The van der Waals surface area contributed by atoms with Crippen LogP contribution in [0.15, 0.2) is 28.7 Å². The fraction of sp³-hybridized carbons (Fsp3) is 0.524. The van der Waals surface area contributed by atoms with Crippen molar-refractivity contribution in [3.05, 3.63) is 41.3 Å². The van der Waals surface area contributed by atoms with Gasteiger partial charge in [0.1, 0.15) is 18.1 Å². The molecule has 0 N–H and O–H groups in total. The van der Waals surface area contributed by atoms with Crippen LogP contribution in [0.2, 0.25) is 0 Å². The SMILES string of the molecule is CCc1ccc(-c2nc(COCC(=O)N3CCCCCC3)c(C)o2)cc1. The number of aryl methyl sites for hydroxylation is 2. The van der Waals surface area contributed by atoms with Crippen LogP contribution < -0.4 is 0 Å². The number of aromatic nitrogens is 1. The zero-order valence-corrected chi connectivity index (χ0v) is 15.8. The number of benzene rings is 1.